The predicted octanol–water partition coefficient (Wildman–Crippen LogP) is 3.18. The number of aldehydes is 1. The average Bonchev–Trinajstić information content (AvgIpc) is 2.57. The van der Waals surface area contributed by atoms with Gasteiger partial charge in [-0.3, -0.25) is 0 Å². The highest BCUT2D eigenvalue weighted by molar-refractivity contribution is 5.49. The second kappa shape index (κ2) is 7.77. The molecule has 66 valence electrons. The van der Waals surface area contributed by atoms with E-state index in [1.807, 2.05) is 13.8 Å². The van der Waals surface area contributed by atoms with Crippen LogP contribution in [0, 0.1) is 5.92 Å². The van der Waals surface area contributed by atoms with Crippen molar-refractivity contribution in [3.05, 3.63) is 0 Å². The van der Waals surface area contributed by atoms with Crippen molar-refractivity contribution in [2.75, 3.05) is 0 Å². The Labute approximate surface area is 70.2 Å². The van der Waals surface area contributed by atoms with Crippen molar-refractivity contribution in [3.8, 4) is 0 Å². The van der Waals surface area contributed by atoms with Crippen molar-refractivity contribution in [1.82, 2.24) is 0 Å². The molecule has 1 aliphatic carbocycles. The Bertz CT molecular complexity index is 82.9. The summed E-state index contributed by atoms with van der Waals surface area (Å²) in [6.07, 6.45) is 8.49. The molecule has 11 heavy (non-hydrogen) atoms. The SMILES string of the molecule is CC.O=CCCC1CCCC1. The minimum atomic E-state index is 0.782. The van der Waals surface area contributed by atoms with E-state index in [-0.39, 0.29) is 0 Å². The third kappa shape index (κ3) is 5.00. The maximum Gasteiger partial charge on any atom is 0.120 e. The van der Waals surface area contributed by atoms with Crippen LogP contribution in [-0.2, 0) is 4.79 Å². The highest BCUT2D eigenvalue weighted by atomic mass is 16.1. The summed E-state index contributed by atoms with van der Waals surface area (Å²) in [7, 11) is 0. The fourth-order valence-electron chi connectivity index (χ4n) is 1.60. The molecule has 0 N–H and O–H groups in total. The molecule has 0 radical (unpaired) electrons. The fourth-order valence-corrected chi connectivity index (χ4v) is 1.60. The van der Waals surface area contributed by atoms with Crippen molar-refractivity contribution >= 4 is 6.29 Å². The molecule has 1 nitrogen and oxygen atoms in total. The van der Waals surface area contributed by atoms with Crippen molar-refractivity contribution in [3.63, 3.8) is 0 Å². The van der Waals surface area contributed by atoms with Crippen molar-refractivity contribution < 1.29 is 4.79 Å². The highest BCUT2D eigenvalue weighted by Crippen LogP contribution is 2.27. The maximum absolute atomic E-state index is 9.96. The largest absolute Gasteiger partial charge is 0.303 e. The Morgan fingerprint density at radius 1 is 1.27 bits per heavy atom. The van der Waals surface area contributed by atoms with Crippen LogP contribution in [0.25, 0.3) is 0 Å². The normalized spacial score (nSPS) is 17.3. The van der Waals surface area contributed by atoms with Gasteiger partial charge in [0.05, 0.1) is 0 Å². The number of hydrogen-bond donors (Lipinski definition) is 0. The molecule has 1 heteroatoms. The van der Waals surface area contributed by atoms with Crippen LogP contribution in [0.4, 0.5) is 0 Å². The molecule has 0 heterocycles. The number of rotatable bonds is 3. The highest BCUT2D eigenvalue weighted by Gasteiger charge is 2.13. The van der Waals surface area contributed by atoms with Crippen LogP contribution in [-0.4, -0.2) is 6.29 Å². The average molecular weight is 156 g/mol. The summed E-state index contributed by atoms with van der Waals surface area (Å²) in [5.41, 5.74) is 0. The molecule has 0 unspecified atom stereocenters. The first kappa shape index (κ1) is 10.7. The Kier molecular flexibility index (Phi) is 7.54. The van der Waals surface area contributed by atoms with Crippen LogP contribution < -0.4 is 0 Å². The molecule has 0 amide bonds. The Balaban J connectivity index is 0.000000461. The summed E-state index contributed by atoms with van der Waals surface area (Å²) in [5, 5.41) is 0. The van der Waals surface area contributed by atoms with Gasteiger partial charge in [-0.15, -0.1) is 0 Å². The van der Waals surface area contributed by atoms with E-state index < -0.39 is 0 Å². The zero-order valence-electron chi connectivity index (χ0n) is 7.81. The van der Waals surface area contributed by atoms with Gasteiger partial charge in [0.25, 0.3) is 0 Å². The Morgan fingerprint density at radius 3 is 2.27 bits per heavy atom. The first-order valence-corrected chi connectivity index (χ1v) is 4.87. The Hall–Kier alpha value is -0.330. The van der Waals surface area contributed by atoms with Gasteiger partial charge >= 0.3 is 0 Å². The molecule has 1 fully saturated rings. The second-order valence-corrected chi connectivity index (χ2v) is 2.89. The van der Waals surface area contributed by atoms with Gasteiger partial charge in [-0.25, -0.2) is 0 Å². The van der Waals surface area contributed by atoms with Crippen LogP contribution in [0.15, 0.2) is 0 Å². The van der Waals surface area contributed by atoms with E-state index in [0.29, 0.717) is 0 Å². The number of carbonyl (C=O) groups is 1. The summed E-state index contributed by atoms with van der Waals surface area (Å²) in [6, 6.07) is 0. The van der Waals surface area contributed by atoms with E-state index >= 15 is 0 Å². The predicted molar refractivity (Wildman–Crippen MR) is 48.6 cm³/mol. The summed E-state index contributed by atoms with van der Waals surface area (Å²) in [5.74, 6) is 0.884. The Morgan fingerprint density at radius 2 is 1.82 bits per heavy atom. The van der Waals surface area contributed by atoms with E-state index in [1.165, 1.54) is 25.7 Å². The first-order valence-electron chi connectivity index (χ1n) is 4.87. The van der Waals surface area contributed by atoms with Gasteiger partial charge in [-0.05, 0) is 12.3 Å². The van der Waals surface area contributed by atoms with Gasteiger partial charge in [0, 0.05) is 6.42 Å². The van der Waals surface area contributed by atoms with Crippen molar-refractivity contribution in [2.45, 2.75) is 52.4 Å². The van der Waals surface area contributed by atoms with Crippen LogP contribution in [0.1, 0.15) is 52.4 Å². The summed E-state index contributed by atoms with van der Waals surface area (Å²) >= 11 is 0. The number of hydrogen-bond acceptors (Lipinski definition) is 1. The van der Waals surface area contributed by atoms with Gasteiger partial charge in [0.2, 0.25) is 0 Å². The van der Waals surface area contributed by atoms with Crippen molar-refractivity contribution in [1.29, 1.82) is 0 Å². The lowest BCUT2D eigenvalue weighted by Gasteiger charge is -2.02. The summed E-state index contributed by atoms with van der Waals surface area (Å²) in [4.78, 5) is 9.96. The van der Waals surface area contributed by atoms with Crippen LogP contribution in [0.5, 0.6) is 0 Å². The lowest BCUT2D eigenvalue weighted by molar-refractivity contribution is -0.108. The molecule has 0 saturated heterocycles. The molecule has 0 atom stereocenters. The molecule has 0 aromatic carbocycles. The zero-order chi connectivity index (χ0) is 8.53. The summed E-state index contributed by atoms with van der Waals surface area (Å²) < 4.78 is 0. The van der Waals surface area contributed by atoms with Crippen LogP contribution in [0.2, 0.25) is 0 Å². The first-order chi connectivity index (χ1) is 5.43. The van der Waals surface area contributed by atoms with E-state index in [4.69, 9.17) is 0 Å². The minimum absolute atomic E-state index is 0.782. The van der Waals surface area contributed by atoms with E-state index in [2.05, 4.69) is 0 Å². The smallest absolute Gasteiger partial charge is 0.120 e. The van der Waals surface area contributed by atoms with E-state index in [9.17, 15) is 4.79 Å². The van der Waals surface area contributed by atoms with Crippen LogP contribution >= 0.6 is 0 Å². The lowest BCUT2D eigenvalue weighted by Crippen LogP contribution is -1.92. The standard InChI is InChI=1S/C8H14O.C2H6/c9-7-3-6-8-4-1-2-5-8;1-2/h7-8H,1-6H2;1-2H3. The van der Waals surface area contributed by atoms with E-state index in [1.54, 1.807) is 0 Å². The summed E-state index contributed by atoms with van der Waals surface area (Å²) in [6.45, 7) is 4.00. The molecule has 1 aliphatic rings. The molecule has 1 saturated carbocycles. The second-order valence-electron chi connectivity index (χ2n) is 2.89. The third-order valence-electron chi connectivity index (χ3n) is 2.17. The maximum atomic E-state index is 9.96. The molecule has 0 aromatic rings. The van der Waals surface area contributed by atoms with Crippen molar-refractivity contribution in [2.24, 2.45) is 5.92 Å². The zero-order valence-corrected chi connectivity index (χ0v) is 7.81. The fraction of sp³-hybridized carbons (Fsp3) is 0.900. The monoisotopic (exact) mass is 156 g/mol. The third-order valence-corrected chi connectivity index (χ3v) is 2.17. The molecule has 0 spiro atoms. The molecular formula is C10H20O. The topological polar surface area (TPSA) is 17.1 Å². The van der Waals surface area contributed by atoms with Gasteiger partial charge in [0.15, 0.2) is 0 Å². The van der Waals surface area contributed by atoms with Gasteiger partial charge < -0.3 is 4.79 Å². The molecule has 0 aliphatic heterocycles. The molecule has 0 aromatic heterocycles. The molecular weight excluding hydrogens is 136 g/mol. The van der Waals surface area contributed by atoms with Gasteiger partial charge in [0.1, 0.15) is 6.29 Å². The number of carbonyl (C=O) groups excluding carboxylic acids is 1. The van der Waals surface area contributed by atoms with Gasteiger partial charge in [-0.2, -0.15) is 0 Å². The quantitative estimate of drug-likeness (QED) is 0.573. The minimum Gasteiger partial charge on any atom is -0.303 e. The van der Waals surface area contributed by atoms with Gasteiger partial charge in [-0.1, -0.05) is 39.5 Å². The van der Waals surface area contributed by atoms with Crippen LogP contribution in [0.3, 0.4) is 0 Å². The van der Waals surface area contributed by atoms with E-state index in [0.717, 1.165) is 25.0 Å². The molecule has 0 bridgehead atoms. The lowest BCUT2D eigenvalue weighted by atomic mass is 10.0. The molecule has 1 rings (SSSR count).